The molecule has 1 heterocycles. The van der Waals surface area contributed by atoms with Gasteiger partial charge in [-0.05, 0) is 18.7 Å². The Hall–Kier alpha value is -1.82. The number of oxime groups is 1. The molecule has 3 N–H and O–H groups in total. The van der Waals surface area contributed by atoms with Crippen molar-refractivity contribution in [2.75, 3.05) is 37.6 Å². The molecule has 104 valence electrons. The number of rotatable bonds is 3. The molecule has 2 rings (SSSR count). The van der Waals surface area contributed by atoms with Gasteiger partial charge in [0, 0.05) is 26.2 Å². The summed E-state index contributed by atoms with van der Waals surface area (Å²) in [6, 6.07) is 4.77. The molecule has 0 aliphatic carbocycles. The van der Waals surface area contributed by atoms with Gasteiger partial charge in [0.1, 0.15) is 5.82 Å². The molecule has 0 aromatic heterocycles. The zero-order valence-electron chi connectivity index (χ0n) is 11.0. The number of amidine groups is 1. The molecule has 1 aliphatic rings. The van der Waals surface area contributed by atoms with E-state index in [1.165, 1.54) is 6.07 Å². The second-order valence-corrected chi connectivity index (χ2v) is 4.54. The van der Waals surface area contributed by atoms with Gasteiger partial charge in [0.05, 0.1) is 11.3 Å². The molecular formula is C13H19FN4O. The van der Waals surface area contributed by atoms with Gasteiger partial charge in [-0.3, -0.25) is 0 Å². The number of nitrogens with two attached hydrogens (primary N) is 1. The van der Waals surface area contributed by atoms with Crippen molar-refractivity contribution in [3.05, 3.63) is 29.6 Å². The van der Waals surface area contributed by atoms with Crippen molar-refractivity contribution in [3.63, 3.8) is 0 Å². The summed E-state index contributed by atoms with van der Waals surface area (Å²) in [5.74, 6) is -0.656. The van der Waals surface area contributed by atoms with Gasteiger partial charge in [0.25, 0.3) is 0 Å². The summed E-state index contributed by atoms with van der Waals surface area (Å²) in [6.07, 6.45) is 0. The van der Waals surface area contributed by atoms with Gasteiger partial charge in [-0.1, -0.05) is 18.1 Å². The van der Waals surface area contributed by atoms with Gasteiger partial charge in [-0.25, -0.2) is 4.39 Å². The van der Waals surface area contributed by atoms with E-state index >= 15 is 0 Å². The maximum absolute atomic E-state index is 13.9. The second kappa shape index (κ2) is 5.88. The number of halogens is 1. The van der Waals surface area contributed by atoms with Crippen LogP contribution in [0.4, 0.5) is 10.1 Å². The maximum Gasteiger partial charge on any atom is 0.175 e. The van der Waals surface area contributed by atoms with E-state index < -0.39 is 5.82 Å². The molecule has 0 saturated carbocycles. The Morgan fingerprint density at radius 3 is 2.63 bits per heavy atom. The van der Waals surface area contributed by atoms with Crippen LogP contribution in [-0.2, 0) is 0 Å². The van der Waals surface area contributed by atoms with Crippen molar-refractivity contribution < 1.29 is 9.60 Å². The average molecular weight is 266 g/mol. The Labute approximate surface area is 112 Å². The number of hydrogen-bond acceptors (Lipinski definition) is 4. The molecule has 1 fully saturated rings. The second-order valence-electron chi connectivity index (χ2n) is 4.54. The van der Waals surface area contributed by atoms with Gasteiger partial charge in [-0.2, -0.15) is 0 Å². The van der Waals surface area contributed by atoms with Crippen LogP contribution >= 0.6 is 0 Å². The Balaban J connectivity index is 2.28. The molecule has 6 heteroatoms. The normalized spacial score (nSPS) is 17.8. The van der Waals surface area contributed by atoms with Crippen molar-refractivity contribution in [2.24, 2.45) is 10.9 Å². The number of benzene rings is 1. The van der Waals surface area contributed by atoms with Crippen LogP contribution in [0.15, 0.2) is 23.4 Å². The van der Waals surface area contributed by atoms with Crippen molar-refractivity contribution >= 4 is 11.5 Å². The third kappa shape index (κ3) is 2.78. The van der Waals surface area contributed by atoms with Crippen LogP contribution < -0.4 is 10.6 Å². The smallest absolute Gasteiger partial charge is 0.175 e. The van der Waals surface area contributed by atoms with E-state index in [9.17, 15) is 4.39 Å². The SMILES string of the molecule is CCN1CCN(c2cccc(F)c2C(N)=NO)CC1. The van der Waals surface area contributed by atoms with Crippen LogP contribution in [0.1, 0.15) is 12.5 Å². The molecule has 1 saturated heterocycles. The topological polar surface area (TPSA) is 65.1 Å². The summed E-state index contributed by atoms with van der Waals surface area (Å²) < 4.78 is 13.9. The number of anilines is 1. The summed E-state index contributed by atoms with van der Waals surface area (Å²) in [7, 11) is 0. The van der Waals surface area contributed by atoms with Gasteiger partial charge in [0.15, 0.2) is 5.84 Å². The molecule has 0 atom stereocenters. The van der Waals surface area contributed by atoms with Crippen LogP contribution in [0.25, 0.3) is 0 Å². The first-order valence-electron chi connectivity index (χ1n) is 6.41. The van der Waals surface area contributed by atoms with Crippen LogP contribution in [0.2, 0.25) is 0 Å². The van der Waals surface area contributed by atoms with Crippen LogP contribution in [0.5, 0.6) is 0 Å². The van der Waals surface area contributed by atoms with E-state index in [4.69, 9.17) is 10.9 Å². The van der Waals surface area contributed by atoms with Gasteiger partial charge >= 0.3 is 0 Å². The predicted octanol–water partition coefficient (Wildman–Crippen LogP) is 1.06. The highest BCUT2D eigenvalue weighted by molar-refractivity contribution is 6.02. The molecule has 5 nitrogen and oxygen atoms in total. The lowest BCUT2D eigenvalue weighted by Crippen LogP contribution is -2.46. The molecule has 1 aliphatic heterocycles. The minimum absolute atomic E-state index is 0.176. The zero-order chi connectivity index (χ0) is 13.8. The van der Waals surface area contributed by atoms with E-state index in [0.29, 0.717) is 5.69 Å². The highest BCUT2D eigenvalue weighted by Crippen LogP contribution is 2.24. The quantitative estimate of drug-likeness (QED) is 0.372. The maximum atomic E-state index is 13.9. The van der Waals surface area contributed by atoms with Crippen LogP contribution in [0.3, 0.4) is 0 Å². The van der Waals surface area contributed by atoms with Gasteiger partial charge in [-0.15, -0.1) is 0 Å². The molecule has 0 unspecified atom stereocenters. The highest BCUT2D eigenvalue weighted by Gasteiger charge is 2.21. The fourth-order valence-corrected chi connectivity index (χ4v) is 2.38. The van der Waals surface area contributed by atoms with E-state index in [-0.39, 0.29) is 11.4 Å². The summed E-state index contributed by atoms with van der Waals surface area (Å²) in [4.78, 5) is 4.40. The molecule has 0 spiro atoms. The Morgan fingerprint density at radius 2 is 2.05 bits per heavy atom. The van der Waals surface area contributed by atoms with Crippen molar-refractivity contribution in [3.8, 4) is 0 Å². The molecule has 0 bridgehead atoms. The van der Waals surface area contributed by atoms with Crippen molar-refractivity contribution in [2.45, 2.75) is 6.92 Å². The largest absolute Gasteiger partial charge is 0.409 e. The van der Waals surface area contributed by atoms with Gasteiger partial charge in [0.2, 0.25) is 0 Å². The Kier molecular flexibility index (Phi) is 4.21. The summed E-state index contributed by atoms with van der Waals surface area (Å²) in [6.45, 7) is 6.63. The third-order valence-electron chi connectivity index (χ3n) is 3.52. The summed E-state index contributed by atoms with van der Waals surface area (Å²) in [5, 5.41) is 11.7. The van der Waals surface area contributed by atoms with Crippen molar-refractivity contribution in [1.29, 1.82) is 0 Å². The lowest BCUT2D eigenvalue weighted by Gasteiger charge is -2.36. The minimum Gasteiger partial charge on any atom is -0.409 e. The predicted molar refractivity (Wildman–Crippen MR) is 73.2 cm³/mol. The zero-order valence-corrected chi connectivity index (χ0v) is 11.0. The molecule has 0 amide bonds. The summed E-state index contributed by atoms with van der Waals surface area (Å²) >= 11 is 0. The van der Waals surface area contributed by atoms with E-state index in [1.54, 1.807) is 12.1 Å². The summed E-state index contributed by atoms with van der Waals surface area (Å²) in [5.41, 5.74) is 6.44. The lowest BCUT2D eigenvalue weighted by molar-refractivity contribution is 0.271. The minimum atomic E-state index is -0.467. The van der Waals surface area contributed by atoms with E-state index in [2.05, 4.69) is 21.9 Å². The fraction of sp³-hybridized carbons (Fsp3) is 0.462. The molecule has 19 heavy (non-hydrogen) atoms. The highest BCUT2D eigenvalue weighted by atomic mass is 19.1. The number of nitrogens with zero attached hydrogens (tertiary/aromatic N) is 3. The first kappa shape index (κ1) is 13.6. The van der Waals surface area contributed by atoms with Crippen LogP contribution in [0, 0.1) is 5.82 Å². The third-order valence-corrected chi connectivity index (χ3v) is 3.52. The number of piperazine rings is 1. The van der Waals surface area contributed by atoms with E-state index in [0.717, 1.165) is 32.7 Å². The standard InChI is InChI=1S/C13H19FN4O/c1-2-17-6-8-18(9-7-17)11-5-3-4-10(14)12(11)13(15)16-19/h3-5,19H,2,6-9H2,1H3,(H2,15,16). The fourth-order valence-electron chi connectivity index (χ4n) is 2.38. The average Bonchev–Trinajstić information content (AvgIpc) is 2.46. The first-order chi connectivity index (χ1) is 9.17. The Bertz CT molecular complexity index is 470. The van der Waals surface area contributed by atoms with Crippen molar-refractivity contribution in [1.82, 2.24) is 4.90 Å². The first-order valence-corrected chi connectivity index (χ1v) is 6.41. The monoisotopic (exact) mass is 266 g/mol. The molecule has 0 radical (unpaired) electrons. The van der Waals surface area contributed by atoms with Gasteiger partial charge < -0.3 is 20.7 Å². The van der Waals surface area contributed by atoms with Crippen LogP contribution in [-0.4, -0.2) is 48.7 Å². The molecule has 1 aromatic rings. The lowest BCUT2D eigenvalue weighted by atomic mass is 10.1. The Morgan fingerprint density at radius 1 is 1.37 bits per heavy atom. The molecular weight excluding hydrogens is 247 g/mol. The number of hydrogen-bond donors (Lipinski definition) is 2. The number of likely N-dealkylation sites (N-methyl/N-ethyl adjacent to an activating group) is 1. The molecule has 1 aromatic carbocycles. The van der Waals surface area contributed by atoms with E-state index in [1.807, 2.05) is 0 Å².